The van der Waals surface area contributed by atoms with Gasteiger partial charge in [-0.3, -0.25) is 19.7 Å². The van der Waals surface area contributed by atoms with Crippen molar-refractivity contribution in [1.82, 2.24) is 0 Å². The molecule has 0 fully saturated rings. The highest BCUT2D eigenvalue weighted by Crippen LogP contribution is 2.25. The number of nitro groups is 1. The molecule has 30 heavy (non-hydrogen) atoms. The van der Waals surface area contributed by atoms with Crippen LogP contribution in [0.5, 0.6) is 5.75 Å². The number of rotatable bonds is 6. The van der Waals surface area contributed by atoms with Crippen LogP contribution in [0, 0.1) is 10.1 Å². The van der Waals surface area contributed by atoms with E-state index < -0.39 is 16.7 Å². The van der Waals surface area contributed by atoms with Gasteiger partial charge in [0, 0.05) is 23.9 Å². The fourth-order valence-corrected chi connectivity index (χ4v) is 2.94. The molecule has 0 heterocycles. The number of para-hydroxylation sites is 1. The Morgan fingerprint density at radius 1 is 0.933 bits per heavy atom. The van der Waals surface area contributed by atoms with Gasteiger partial charge in [-0.25, -0.2) is 0 Å². The second-order valence-electron chi connectivity index (χ2n) is 6.11. The first-order chi connectivity index (χ1) is 14.4. The molecule has 0 saturated carbocycles. The van der Waals surface area contributed by atoms with Gasteiger partial charge in [-0.1, -0.05) is 29.8 Å². The lowest BCUT2D eigenvalue weighted by atomic mass is 10.1. The van der Waals surface area contributed by atoms with Gasteiger partial charge < -0.3 is 15.4 Å². The number of nitrogens with zero attached hydrogens (tertiary/aromatic N) is 1. The molecule has 0 radical (unpaired) electrons. The highest BCUT2D eigenvalue weighted by Gasteiger charge is 2.18. The number of ether oxygens (including phenoxy) is 1. The summed E-state index contributed by atoms with van der Waals surface area (Å²) in [5.41, 5.74) is 0.836. The molecule has 8 nitrogen and oxygen atoms in total. The summed E-state index contributed by atoms with van der Waals surface area (Å²) in [5.74, 6) is -0.451. The molecule has 0 aliphatic heterocycles. The molecular weight excluding hydrogens is 410 g/mol. The topological polar surface area (TPSA) is 111 Å². The first-order valence-electron chi connectivity index (χ1n) is 8.69. The van der Waals surface area contributed by atoms with Crippen molar-refractivity contribution >= 4 is 40.5 Å². The van der Waals surface area contributed by atoms with E-state index in [1.807, 2.05) is 0 Å². The number of hydrogen-bond donors (Lipinski definition) is 2. The summed E-state index contributed by atoms with van der Waals surface area (Å²) in [6.07, 6.45) is 0. The van der Waals surface area contributed by atoms with E-state index in [2.05, 4.69) is 10.6 Å². The van der Waals surface area contributed by atoms with Crippen molar-refractivity contribution in [3.05, 3.63) is 93.0 Å². The van der Waals surface area contributed by atoms with E-state index in [9.17, 15) is 19.7 Å². The molecule has 3 aromatic carbocycles. The minimum Gasteiger partial charge on any atom is -0.497 e. The summed E-state index contributed by atoms with van der Waals surface area (Å²) in [6.45, 7) is 0. The molecular formula is C21H16ClN3O5. The highest BCUT2D eigenvalue weighted by molar-refractivity contribution is 6.34. The zero-order valence-corrected chi connectivity index (χ0v) is 16.5. The van der Waals surface area contributed by atoms with E-state index in [-0.39, 0.29) is 27.5 Å². The van der Waals surface area contributed by atoms with E-state index in [1.54, 1.807) is 48.5 Å². The molecule has 0 saturated heterocycles. The Labute approximate surface area is 176 Å². The van der Waals surface area contributed by atoms with E-state index in [1.165, 1.54) is 19.2 Å². The third-order valence-electron chi connectivity index (χ3n) is 4.16. The molecule has 0 bridgehead atoms. The Morgan fingerprint density at radius 2 is 1.67 bits per heavy atom. The van der Waals surface area contributed by atoms with Crippen LogP contribution in [0.15, 0.2) is 66.7 Å². The minimum absolute atomic E-state index is 0.0465. The number of nitro benzene ring substituents is 1. The van der Waals surface area contributed by atoms with Crippen molar-refractivity contribution in [2.24, 2.45) is 0 Å². The summed E-state index contributed by atoms with van der Waals surface area (Å²) >= 11 is 6.02. The number of methoxy groups -OCH3 is 1. The van der Waals surface area contributed by atoms with Crippen LogP contribution in [-0.4, -0.2) is 23.8 Å². The Kier molecular flexibility index (Phi) is 6.29. The predicted octanol–water partition coefficient (Wildman–Crippen LogP) is 4.76. The van der Waals surface area contributed by atoms with Crippen molar-refractivity contribution in [2.45, 2.75) is 0 Å². The number of hydrogen-bond acceptors (Lipinski definition) is 5. The highest BCUT2D eigenvalue weighted by atomic mass is 35.5. The van der Waals surface area contributed by atoms with Gasteiger partial charge in [0.1, 0.15) is 5.75 Å². The second kappa shape index (κ2) is 9.06. The van der Waals surface area contributed by atoms with Crippen LogP contribution < -0.4 is 15.4 Å². The van der Waals surface area contributed by atoms with Crippen LogP contribution in [0.3, 0.4) is 0 Å². The number of nitrogens with one attached hydrogen (secondary N) is 2. The average Bonchev–Trinajstić information content (AvgIpc) is 2.74. The molecule has 0 aromatic heterocycles. The Balaban J connectivity index is 1.82. The summed E-state index contributed by atoms with van der Waals surface area (Å²) in [5, 5.41) is 16.1. The van der Waals surface area contributed by atoms with Crippen molar-refractivity contribution in [3.8, 4) is 5.75 Å². The molecule has 0 unspecified atom stereocenters. The Hall–Kier alpha value is -3.91. The molecule has 0 aliphatic rings. The van der Waals surface area contributed by atoms with Crippen molar-refractivity contribution in [2.75, 3.05) is 17.7 Å². The Bertz CT molecular complexity index is 1130. The van der Waals surface area contributed by atoms with Crippen LogP contribution in [0.1, 0.15) is 20.7 Å². The van der Waals surface area contributed by atoms with Crippen LogP contribution in [0.2, 0.25) is 5.02 Å². The maximum absolute atomic E-state index is 12.7. The van der Waals surface area contributed by atoms with Gasteiger partial charge in [-0.05, 0) is 30.3 Å². The first kappa shape index (κ1) is 20.8. The molecule has 152 valence electrons. The molecule has 3 rings (SSSR count). The summed E-state index contributed by atoms with van der Waals surface area (Å²) in [4.78, 5) is 35.6. The number of benzene rings is 3. The number of non-ortho nitro benzene ring substituents is 1. The van der Waals surface area contributed by atoms with E-state index in [0.29, 0.717) is 11.4 Å². The van der Waals surface area contributed by atoms with E-state index >= 15 is 0 Å². The average molecular weight is 426 g/mol. The molecule has 2 N–H and O–H groups in total. The third-order valence-corrected chi connectivity index (χ3v) is 4.47. The molecule has 0 spiro atoms. The van der Waals surface area contributed by atoms with E-state index in [4.69, 9.17) is 16.3 Å². The lowest BCUT2D eigenvalue weighted by Crippen LogP contribution is -2.18. The third kappa shape index (κ3) is 4.73. The van der Waals surface area contributed by atoms with Gasteiger partial charge in [0.15, 0.2) is 0 Å². The molecule has 9 heteroatoms. The van der Waals surface area contributed by atoms with Gasteiger partial charge in [-0.15, -0.1) is 0 Å². The van der Waals surface area contributed by atoms with Crippen molar-refractivity contribution in [3.63, 3.8) is 0 Å². The second-order valence-corrected chi connectivity index (χ2v) is 6.51. The lowest BCUT2D eigenvalue weighted by Gasteiger charge is -2.12. The summed E-state index contributed by atoms with van der Waals surface area (Å²) < 4.78 is 5.14. The summed E-state index contributed by atoms with van der Waals surface area (Å²) in [7, 11) is 1.52. The number of carbonyl (C=O) groups is 2. The van der Waals surface area contributed by atoms with Gasteiger partial charge in [0.2, 0.25) is 0 Å². The molecule has 2 amide bonds. The molecule has 0 atom stereocenters. The minimum atomic E-state index is -0.605. The van der Waals surface area contributed by atoms with E-state index in [0.717, 1.165) is 6.07 Å². The monoisotopic (exact) mass is 425 g/mol. The summed E-state index contributed by atoms with van der Waals surface area (Å²) in [6, 6.07) is 16.8. The van der Waals surface area contributed by atoms with Crippen LogP contribution in [0.4, 0.5) is 17.1 Å². The maximum atomic E-state index is 12.7. The van der Waals surface area contributed by atoms with Gasteiger partial charge in [0.25, 0.3) is 17.5 Å². The SMILES string of the molecule is COc1cccc(NC(=O)c2ccccc2NC(=O)c2ccc([N+](=O)[O-])cc2Cl)c1. The van der Waals surface area contributed by atoms with Gasteiger partial charge >= 0.3 is 0 Å². The van der Waals surface area contributed by atoms with Crippen LogP contribution in [0.25, 0.3) is 0 Å². The lowest BCUT2D eigenvalue weighted by molar-refractivity contribution is -0.384. The predicted molar refractivity (Wildman–Crippen MR) is 113 cm³/mol. The first-order valence-corrected chi connectivity index (χ1v) is 9.06. The quantitative estimate of drug-likeness (QED) is 0.437. The van der Waals surface area contributed by atoms with Crippen molar-refractivity contribution < 1.29 is 19.2 Å². The normalized spacial score (nSPS) is 10.2. The number of carbonyl (C=O) groups excluding carboxylic acids is 2. The van der Waals surface area contributed by atoms with Crippen LogP contribution in [-0.2, 0) is 0 Å². The largest absolute Gasteiger partial charge is 0.497 e. The number of amides is 2. The Morgan fingerprint density at radius 3 is 2.37 bits per heavy atom. The fourth-order valence-electron chi connectivity index (χ4n) is 2.68. The molecule has 3 aromatic rings. The smallest absolute Gasteiger partial charge is 0.270 e. The number of anilines is 2. The number of halogens is 1. The van der Waals surface area contributed by atoms with Gasteiger partial charge in [-0.2, -0.15) is 0 Å². The van der Waals surface area contributed by atoms with Gasteiger partial charge in [0.05, 0.1) is 33.9 Å². The zero-order valence-electron chi connectivity index (χ0n) is 15.7. The molecule has 0 aliphatic carbocycles. The standard InChI is InChI=1S/C21H16ClN3O5/c1-30-15-6-4-5-13(11-15)23-21(27)17-7-2-3-8-19(17)24-20(26)16-10-9-14(25(28)29)12-18(16)22/h2-12H,1H3,(H,23,27)(H,24,26). The zero-order chi connectivity index (χ0) is 21.7. The van der Waals surface area contributed by atoms with Crippen LogP contribution >= 0.6 is 11.6 Å². The van der Waals surface area contributed by atoms with Crippen molar-refractivity contribution in [1.29, 1.82) is 0 Å². The maximum Gasteiger partial charge on any atom is 0.270 e. The fraction of sp³-hybridized carbons (Fsp3) is 0.0476.